The number of hydrogen-bond donors (Lipinski definition) is 1. The average molecular weight is 516 g/mol. The fraction of sp³-hybridized carbons (Fsp3) is 0.167. The molecule has 0 radical (unpaired) electrons. The van der Waals surface area contributed by atoms with Gasteiger partial charge in [0, 0.05) is 34.0 Å². The molecule has 0 saturated heterocycles. The molecule has 9 heteroatoms. The number of nitrogens with zero attached hydrogens (tertiary/aromatic N) is 1. The first kappa shape index (κ1) is 22.5. The number of nitrogens with one attached hydrogen (secondary N) is 1. The number of carbonyl (C=O) groups is 1. The average Bonchev–Trinajstić information content (AvgIpc) is 3.20. The number of carbonyl (C=O) groups excluding carboxylic acids is 1. The van der Waals surface area contributed by atoms with Crippen LogP contribution in [-0.4, -0.2) is 24.1 Å². The molecule has 5 nitrogen and oxygen atoms in total. The second-order valence-electron chi connectivity index (χ2n) is 7.45. The van der Waals surface area contributed by atoms with Gasteiger partial charge in [-0.15, -0.1) is 23.1 Å². The van der Waals surface area contributed by atoms with Gasteiger partial charge < -0.3 is 20.0 Å². The molecule has 0 fully saturated rings. The highest BCUT2D eigenvalue weighted by Crippen LogP contribution is 2.43. The van der Waals surface area contributed by atoms with Crippen LogP contribution < -0.4 is 10.4 Å². The smallest absolute Gasteiger partial charge is 0.110 e. The normalized spacial score (nSPS) is 15.0. The molecule has 2 aromatic carbocycles. The molecule has 0 bridgehead atoms. The maximum Gasteiger partial charge on any atom is 0.110 e. The predicted molar refractivity (Wildman–Crippen MR) is 133 cm³/mol. The summed E-state index contributed by atoms with van der Waals surface area (Å²) < 4.78 is 7.64. The molecule has 1 aliphatic heterocycles. The molecule has 0 saturated carbocycles. The van der Waals surface area contributed by atoms with E-state index in [0.29, 0.717) is 39.8 Å². The highest BCUT2D eigenvalue weighted by molar-refractivity contribution is 8.00. The predicted octanol–water partition coefficient (Wildman–Crippen LogP) is 5.79. The summed E-state index contributed by atoms with van der Waals surface area (Å²) in [6, 6.07) is 15.1. The van der Waals surface area contributed by atoms with Crippen LogP contribution in [0.1, 0.15) is 33.3 Å². The van der Waals surface area contributed by atoms with Crippen LogP contribution in [0.25, 0.3) is 10.9 Å². The van der Waals surface area contributed by atoms with Crippen molar-refractivity contribution in [1.29, 1.82) is 0 Å². The number of benzene rings is 2. The number of thioether (sulfide) groups is 1. The van der Waals surface area contributed by atoms with E-state index in [1.807, 2.05) is 17.8 Å². The summed E-state index contributed by atoms with van der Waals surface area (Å²) in [6.07, 6.45) is -0.158. The van der Waals surface area contributed by atoms with Crippen molar-refractivity contribution in [1.82, 2.24) is 4.98 Å². The first-order valence-electron chi connectivity index (χ1n) is 10.2. The van der Waals surface area contributed by atoms with E-state index in [-0.39, 0.29) is 11.8 Å². The van der Waals surface area contributed by atoms with Crippen LogP contribution in [0.15, 0.2) is 58.1 Å². The minimum atomic E-state index is -1.37. The summed E-state index contributed by atoms with van der Waals surface area (Å²) in [7, 11) is 0. The van der Waals surface area contributed by atoms with Gasteiger partial charge in [-0.05, 0) is 40.8 Å². The summed E-state index contributed by atoms with van der Waals surface area (Å²) in [5, 5.41) is 18.2. The molecule has 1 atom stereocenters. The van der Waals surface area contributed by atoms with Gasteiger partial charge >= 0.3 is 0 Å². The molecule has 2 aromatic heterocycles. The summed E-state index contributed by atoms with van der Waals surface area (Å²) in [5.41, 5.74) is 4.36. The molecule has 0 spiro atoms. The number of pyridine rings is 1. The zero-order valence-corrected chi connectivity index (χ0v) is 20.3. The number of thiophene rings is 1. The van der Waals surface area contributed by atoms with Crippen LogP contribution >= 0.6 is 46.3 Å². The molecule has 5 rings (SSSR count). The fourth-order valence-corrected chi connectivity index (χ4v) is 6.66. The van der Waals surface area contributed by atoms with Crippen molar-refractivity contribution < 1.29 is 14.6 Å². The minimum Gasteiger partial charge on any atom is -0.543 e. The third-order valence-electron chi connectivity index (χ3n) is 5.37. The topological polar surface area (TPSA) is 74.3 Å². The SMILES string of the molecule is O=C([O-])c1cc(NCCOC2c3ccccc3CSc3sccc32)c2c(Cl)cc(Cl)cc2n1. The van der Waals surface area contributed by atoms with Crippen molar-refractivity contribution in [3.05, 3.63) is 86.3 Å². The van der Waals surface area contributed by atoms with Crippen LogP contribution in [0.5, 0.6) is 0 Å². The van der Waals surface area contributed by atoms with E-state index >= 15 is 0 Å². The van der Waals surface area contributed by atoms with E-state index in [9.17, 15) is 9.90 Å². The van der Waals surface area contributed by atoms with Crippen molar-refractivity contribution in [3.8, 4) is 0 Å². The van der Waals surface area contributed by atoms with Crippen molar-refractivity contribution in [2.24, 2.45) is 0 Å². The Kier molecular flexibility index (Phi) is 6.49. The molecular weight excluding hydrogens is 499 g/mol. The standard InChI is InChI=1S/C24H18Cl2N2O3S2/c25-14-9-17(26)21-18(11-20(23(29)30)28-19(21)10-14)27-6-7-31-22-15-4-2-1-3-13(15)12-33-24-16(22)5-8-32-24/h1-5,8-11,22H,6-7,12H2,(H,27,28)(H,29,30)/p-1. The summed E-state index contributed by atoms with van der Waals surface area (Å²) in [4.78, 5) is 15.6. The Morgan fingerprint density at radius 1 is 1.18 bits per heavy atom. The number of hydrogen-bond acceptors (Lipinski definition) is 7. The molecule has 1 aliphatic rings. The molecule has 1 unspecified atom stereocenters. The van der Waals surface area contributed by atoms with E-state index in [2.05, 4.69) is 39.9 Å². The Bertz CT molecular complexity index is 1360. The monoisotopic (exact) mass is 515 g/mol. The van der Waals surface area contributed by atoms with Crippen molar-refractivity contribution in [2.75, 3.05) is 18.5 Å². The van der Waals surface area contributed by atoms with Gasteiger partial charge in [-0.3, -0.25) is 0 Å². The number of aromatic carboxylic acids is 1. The van der Waals surface area contributed by atoms with E-state index in [1.165, 1.54) is 27.0 Å². The third-order valence-corrected chi connectivity index (χ3v) is 8.21. The zero-order valence-electron chi connectivity index (χ0n) is 17.1. The minimum absolute atomic E-state index is 0.158. The lowest BCUT2D eigenvalue weighted by molar-refractivity contribution is -0.255. The lowest BCUT2D eigenvalue weighted by atomic mass is 9.99. The number of ether oxygens (including phenoxy) is 1. The fourth-order valence-electron chi connectivity index (χ4n) is 3.92. The van der Waals surface area contributed by atoms with E-state index in [0.717, 1.165) is 5.75 Å². The van der Waals surface area contributed by atoms with Gasteiger partial charge in [-0.1, -0.05) is 47.5 Å². The maximum absolute atomic E-state index is 11.5. The quantitative estimate of drug-likeness (QED) is 0.327. The second-order valence-corrected chi connectivity index (χ2v) is 10.5. The largest absolute Gasteiger partial charge is 0.543 e. The Morgan fingerprint density at radius 2 is 2.03 bits per heavy atom. The van der Waals surface area contributed by atoms with Crippen LogP contribution in [0.2, 0.25) is 10.0 Å². The van der Waals surface area contributed by atoms with Gasteiger partial charge in [0.25, 0.3) is 0 Å². The molecule has 0 aliphatic carbocycles. The highest BCUT2D eigenvalue weighted by atomic mass is 35.5. The van der Waals surface area contributed by atoms with Crippen molar-refractivity contribution in [3.63, 3.8) is 0 Å². The zero-order chi connectivity index (χ0) is 22.9. The first-order valence-corrected chi connectivity index (χ1v) is 12.8. The molecule has 0 amide bonds. The number of anilines is 1. The van der Waals surface area contributed by atoms with Crippen molar-refractivity contribution in [2.45, 2.75) is 16.1 Å². The number of carboxylic acids is 1. The van der Waals surface area contributed by atoms with E-state index < -0.39 is 5.97 Å². The van der Waals surface area contributed by atoms with Gasteiger partial charge in [-0.25, -0.2) is 4.98 Å². The molecule has 3 heterocycles. The van der Waals surface area contributed by atoms with Crippen LogP contribution in [-0.2, 0) is 10.5 Å². The number of fused-ring (bicyclic) bond motifs is 3. The van der Waals surface area contributed by atoms with Gasteiger partial charge in [0.15, 0.2) is 0 Å². The summed E-state index contributed by atoms with van der Waals surface area (Å²) in [6.45, 7) is 0.838. The molecule has 33 heavy (non-hydrogen) atoms. The number of carboxylic acid groups (broad SMARTS) is 1. The molecule has 1 N–H and O–H groups in total. The lowest BCUT2D eigenvalue weighted by Gasteiger charge is -2.20. The summed E-state index contributed by atoms with van der Waals surface area (Å²) in [5.74, 6) is -0.456. The number of aromatic nitrogens is 1. The van der Waals surface area contributed by atoms with Crippen LogP contribution in [0, 0.1) is 0 Å². The third kappa shape index (κ3) is 4.56. The van der Waals surface area contributed by atoms with Gasteiger partial charge in [-0.2, -0.15) is 0 Å². The maximum atomic E-state index is 11.5. The Morgan fingerprint density at radius 3 is 2.88 bits per heavy atom. The second kappa shape index (κ2) is 9.52. The van der Waals surface area contributed by atoms with Crippen molar-refractivity contribution >= 4 is 68.9 Å². The Labute approximate surface area is 208 Å². The van der Waals surface area contributed by atoms with E-state index in [4.69, 9.17) is 27.9 Å². The Balaban J connectivity index is 1.38. The van der Waals surface area contributed by atoms with Gasteiger partial charge in [0.2, 0.25) is 0 Å². The number of rotatable bonds is 6. The number of halogens is 2. The van der Waals surface area contributed by atoms with Crippen LogP contribution in [0.3, 0.4) is 0 Å². The molecule has 168 valence electrons. The van der Waals surface area contributed by atoms with Gasteiger partial charge in [0.1, 0.15) is 6.10 Å². The van der Waals surface area contributed by atoms with Crippen LogP contribution in [0.4, 0.5) is 5.69 Å². The summed E-state index contributed by atoms with van der Waals surface area (Å²) >= 11 is 16.0. The Hall–Kier alpha value is -2.29. The first-order chi connectivity index (χ1) is 16.0. The molecule has 4 aromatic rings. The van der Waals surface area contributed by atoms with E-state index in [1.54, 1.807) is 23.5 Å². The lowest BCUT2D eigenvalue weighted by Crippen LogP contribution is -2.24. The van der Waals surface area contributed by atoms with Gasteiger partial charge in [0.05, 0.1) is 33.0 Å². The highest BCUT2D eigenvalue weighted by Gasteiger charge is 2.25. The molecular formula is C24H17Cl2N2O3S2-.